The highest BCUT2D eigenvalue weighted by Gasteiger charge is 2.21. The summed E-state index contributed by atoms with van der Waals surface area (Å²) in [6, 6.07) is 11.3. The lowest BCUT2D eigenvalue weighted by atomic mass is 9.79. The predicted molar refractivity (Wildman–Crippen MR) is 80.6 cm³/mol. The van der Waals surface area contributed by atoms with Crippen LogP contribution in [0.4, 0.5) is 0 Å². The molecule has 1 heterocycles. The minimum atomic E-state index is 0.204. The van der Waals surface area contributed by atoms with Crippen molar-refractivity contribution in [3.05, 3.63) is 59.4 Å². The Morgan fingerprint density at radius 3 is 2.75 bits per heavy atom. The van der Waals surface area contributed by atoms with E-state index in [1.54, 1.807) is 6.20 Å². The molecule has 0 spiro atoms. The maximum absolute atomic E-state index is 4.01. The van der Waals surface area contributed by atoms with Gasteiger partial charge in [0.05, 0.1) is 12.2 Å². The van der Waals surface area contributed by atoms with Crippen LogP contribution in [0, 0.1) is 0 Å². The number of nitrogens with zero attached hydrogens (tertiary/aromatic N) is 2. The third-order valence-corrected chi connectivity index (χ3v) is 4.17. The van der Waals surface area contributed by atoms with Gasteiger partial charge in [0.2, 0.25) is 0 Å². The molecule has 0 saturated heterocycles. The fourth-order valence-corrected chi connectivity index (χ4v) is 2.84. The van der Waals surface area contributed by atoms with Crippen LogP contribution in [0.15, 0.2) is 42.7 Å². The zero-order valence-corrected chi connectivity index (χ0v) is 11.9. The Hall–Kier alpha value is -1.74. The highest BCUT2D eigenvalue weighted by atomic mass is 15.1. The van der Waals surface area contributed by atoms with E-state index >= 15 is 0 Å². The quantitative estimate of drug-likeness (QED) is 0.901. The third-order valence-electron chi connectivity index (χ3n) is 4.17. The zero-order valence-electron chi connectivity index (χ0n) is 11.9. The van der Waals surface area contributed by atoms with Gasteiger partial charge < -0.3 is 5.32 Å². The molecule has 0 amide bonds. The first-order chi connectivity index (χ1) is 9.88. The molecule has 1 N–H and O–H groups in total. The highest BCUT2D eigenvalue weighted by Crippen LogP contribution is 2.37. The average Bonchev–Trinajstić information content (AvgIpc) is 2.44. The summed E-state index contributed by atoms with van der Waals surface area (Å²) in [5.74, 6) is 0.771. The molecule has 1 aliphatic carbocycles. The van der Waals surface area contributed by atoms with Crippen LogP contribution in [0.2, 0.25) is 0 Å². The van der Waals surface area contributed by atoms with E-state index in [0.717, 1.165) is 12.5 Å². The lowest BCUT2D eigenvalue weighted by molar-refractivity contribution is 0.419. The first-order valence-corrected chi connectivity index (χ1v) is 7.48. The maximum atomic E-state index is 4.01. The van der Waals surface area contributed by atoms with E-state index in [9.17, 15) is 0 Å². The van der Waals surface area contributed by atoms with Crippen molar-refractivity contribution >= 4 is 0 Å². The second kappa shape index (κ2) is 6.14. The van der Waals surface area contributed by atoms with Crippen molar-refractivity contribution in [2.75, 3.05) is 6.54 Å². The van der Waals surface area contributed by atoms with Crippen LogP contribution < -0.4 is 5.32 Å². The summed E-state index contributed by atoms with van der Waals surface area (Å²) in [4.78, 5) is 0. The smallest absolute Gasteiger partial charge is 0.0593 e. The van der Waals surface area contributed by atoms with E-state index in [-0.39, 0.29) is 6.04 Å². The molecular weight excluding hydrogens is 246 g/mol. The monoisotopic (exact) mass is 267 g/mol. The highest BCUT2D eigenvalue weighted by molar-refractivity contribution is 5.34. The molecule has 1 saturated carbocycles. The van der Waals surface area contributed by atoms with Gasteiger partial charge in [0, 0.05) is 6.20 Å². The number of hydrogen-bond acceptors (Lipinski definition) is 3. The summed E-state index contributed by atoms with van der Waals surface area (Å²) in [6.07, 6.45) is 7.66. The molecule has 1 aromatic heterocycles. The largest absolute Gasteiger partial charge is 0.306 e. The summed E-state index contributed by atoms with van der Waals surface area (Å²) >= 11 is 0. The molecule has 1 aliphatic rings. The summed E-state index contributed by atoms with van der Waals surface area (Å²) in [5, 5.41) is 11.4. The third kappa shape index (κ3) is 2.73. The number of hydrogen-bond donors (Lipinski definition) is 1. The SMILES string of the molecule is CCNC(c1ccnnc1)c1cccc(C2CCC2)c1. The van der Waals surface area contributed by atoms with Crippen molar-refractivity contribution in [2.45, 2.75) is 38.1 Å². The van der Waals surface area contributed by atoms with Crippen LogP contribution in [-0.2, 0) is 0 Å². The molecule has 1 atom stereocenters. The standard InChI is InChI=1S/C17H21N3/c1-2-18-17(16-9-10-19-20-12-16)15-8-4-7-14(11-15)13-5-3-6-13/h4,7-13,17-18H,2-3,5-6H2,1H3. The van der Waals surface area contributed by atoms with Crippen LogP contribution in [-0.4, -0.2) is 16.7 Å². The summed E-state index contributed by atoms with van der Waals surface area (Å²) in [7, 11) is 0. The Morgan fingerprint density at radius 1 is 1.20 bits per heavy atom. The summed E-state index contributed by atoms with van der Waals surface area (Å²) in [5.41, 5.74) is 3.98. The van der Waals surface area contributed by atoms with Crippen molar-refractivity contribution in [1.29, 1.82) is 0 Å². The van der Waals surface area contributed by atoms with Crippen LogP contribution in [0.3, 0.4) is 0 Å². The maximum Gasteiger partial charge on any atom is 0.0593 e. The van der Waals surface area contributed by atoms with Gasteiger partial charge in [-0.1, -0.05) is 37.6 Å². The normalized spacial score (nSPS) is 16.6. The molecule has 3 nitrogen and oxygen atoms in total. The Kier molecular flexibility index (Phi) is 4.07. The van der Waals surface area contributed by atoms with E-state index in [1.165, 1.54) is 36.0 Å². The van der Waals surface area contributed by atoms with Crippen LogP contribution in [0.1, 0.15) is 54.8 Å². The molecule has 2 aromatic rings. The number of aromatic nitrogens is 2. The van der Waals surface area contributed by atoms with E-state index < -0.39 is 0 Å². The topological polar surface area (TPSA) is 37.8 Å². The lowest BCUT2D eigenvalue weighted by Gasteiger charge is -2.27. The molecule has 1 aromatic carbocycles. The molecule has 1 fully saturated rings. The van der Waals surface area contributed by atoms with Crippen molar-refractivity contribution in [2.24, 2.45) is 0 Å². The molecule has 104 valence electrons. The Balaban J connectivity index is 1.91. The minimum absolute atomic E-state index is 0.204. The van der Waals surface area contributed by atoms with E-state index in [4.69, 9.17) is 0 Å². The van der Waals surface area contributed by atoms with Gasteiger partial charge in [-0.25, -0.2) is 0 Å². The number of rotatable bonds is 5. The molecule has 3 rings (SSSR count). The Bertz CT molecular complexity index is 549. The zero-order chi connectivity index (χ0) is 13.8. The average molecular weight is 267 g/mol. The van der Waals surface area contributed by atoms with Gasteiger partial charge in [-0.15, -0.1) is 0 Å². The van der Waals surface area contributed by atoms with Crippen molar-refractivity contribution < 1.29 is 0 Å². The number of nitrogens with one attached hydrogen (secondary N) is 1. The van der Waals surface area contributed by atoms with Crippen molar-refractivity contribution in [1.82, 2.24) is 15.5 Å². The number of benzene rings is 1. The Morgan fingerprint density at radius 2 is 2.10 bits per heavy atom. The first-order valence-electron chi connectivity index (χ1n) is 7.48. The van der Waals surface area contributed by atoms with Gasteiger partial charge in [0.1, 0.15) is 0 Å². The van der Waals surface area contributed by atoms with Crippen molar-refractivity contribution in [3.8, 4) is 0 Å². The second-order valence-corrected chi connectivity index (χ2v) is 5.46. The van der Waals surface area contributed by atoms with Gasteiger partial charge in [0.25, 0.3) is 0 Å². The predicted octanol–water partition coefficient (Wildman–Crippen LogP) is 3.44. The van der Waals surface area contributed by atoms with Gasteiger partial charge >= 0.3 is 0 Å². The molecule has 3 heteroatoms. The molecule has 0 aliphatic heterocycles. The van der Waals surface area contributed by atoms with Gasteiger partial charge in [-0.05, 0) is 48.1 Å². The lowest BCUT2D eigenvalue weighted by Crippen LogP contribution is -2.22. The van der Waals surface area contributed by atoms with Gasteiger partial charge in [-0.3, -0.25) is 0 Å². The minimum Gasteiger partial charge on any atom is -0.306 e. The molecule has 0 radical (unpaired) electrons. The molecule has 0 bridgehead atoms. The van der Waals surface area contributed by atoms with Crippen LogP contribution in [0.25, 0.3) is 0 Å². The summed E-state index contributed by atoms with van der Waals surface area (Å²) < 4.78 is 0. The van der Waals surface area contributed by atoms with Crippen LogP contribution >= 0.6 is 0 Å². The fraction of sp³-hybridized carbons (Fsp3) is 0.412. The Labute approximate surface area is 120 Å². The molecule has 1 unspecified atom stereocenters. The molecular formula is C17H21N3. The van der Waals surface area contributed by atoms with E-state index in [1.807, 2.05) is 12.3 Å². The van der Waals surface area contributed by atoms with Crippen molar-refractivity contribution in [3.63, 3.8) is 0 Å². The van der Waals surface area contributed by atoms with Gasteiger partial charge in [0.15, 0.2) is 0 Å². The molecule has 20 heavy (non-hydrogen) atoms. The van der Waals surface area contributed by atoms with E-state index in [0.29, 0.717) is 0 Å². The van der Waals surface area contributed by atoms with Gasteiger partial charge in [-0.2, -0.15) is 10.2 Å². The van der Waals surface area contributed by atoms with E-state index in [2.05, 4.69) is 46.7 Å². The first kappa shape index (κ1) is 13.3. The summed E-state index contributed by atoms with van der Waals surface area (Å²) in [6.45, 7) is 3.07. The second-order valence-electron chi connectivity index (χ2n) is 5.46. The fourth-order valence-electron chi connectivity index (χ4n) is 2.84. The van der Waals surface area contributed by atoms with Crippen LogP contribution in [0.5, 0.6) is 0 Å².